The Morgan fingerprint density at radius 1 is 1.26 bits per heavy atom. The minimum Gasteiger partial charge on any atom is -0.307 e. The number of alkyl halides is 1. The molecule has 0 aliphatic carbocycles. The standard InChI is InChI=1S/C16H21ClN2/c1-3-16(2,9-10-17)19-12-13-8-11-18-15-7-5-4-6-14(13)15/h4-8,11,19H,3,9-10,12H2,1-2H3. The first kappa shape index (κ1) is 14.3. The van der Waals surface area contributed by atoms with Crippen molar-refractivity contribution in [3.8, 4) is 0 Å². The number of rotatable bonds is 6. The van der Waals surface area contributed by atoms with Crippen LogP contribution < -0.4 is 5.32 Å². The summed E-state index contributed by atoms with van der Waals surface area (Å²) in [4.78, 5) is 4.39. The molecule has 0 amide bonds. The second-order valence-electron chi connectivity index (χ2n) is 5.19. The lowest BCUT2D eigenvalue weighted by molar-refractivity contribution is 0.331. The van der Waals surface area contributed by atoms with E-state index >= 15 is 0 Å². The number of nitrogens with one attached hydrogen (secondary N) is 1. The molecule has 1 unspecified atom stereocenters. The minimum absolute atomic E-state index is 0.103. The lowest BCUT2D eigenvalue weighted by Gasteiger charge is -2.29. The molecule has 1 atom stereocenters. The molecule has 0 spiro atoms. The average molecular weight is 277 g/mol. The van der Waals surface area contributed by atoms with Gasteiger partial charge in [0.1, 0.15) is 0 Å². The van der Waals surface area contributed by atoms with Crippen molar-refractivity contribution in [2.24, 2.45) is 0 Å². The van der Waals surface area contributed by atoms with Crippen molar-refractivity contribution in [3.05, 3.63) is 42.1 Å². The van der Waals surface area contributed by atoms with Crippen LogP contribution in [0.25, 0.3) is 10.9 Å². The van der Waals surface area contributed by atoms with Gasteiger partial charge in [-0.05, 0) is 37.5 Å². The van der Waals surface area contributed by atoms with Crippen LogP contribution in [-0.4, -0.2) is 16.4 Å². The Balaban J connectivity index is 2.17. The predicted molar refractivity (Wildman–Crippen MR) is 82.6 cm³/mol. The number of nitrogens with zero attached hydrogens (tertiary/aromatic N) is 1. The molecule has 0 aliphatic heterocycles. The zero-order valence-electron chi connectivity index (χ0n) is 11.6. The summed E-state index contributed by atoms with van der Waals surface area (Å²) in [6.45, 7) is 5.28. The smallest absolute Gasteiger partial charge is 0.0705 e. The maximum Gasteiger partial charge on any atom is 0.0705 e. The fraction of sp³-hybridized carbons (Fsp3) is 0.438. The van der Waals surface area contributed by atoms with Gasteiger partial charge in [0.15, 0.2) is 0 Å². The van der Waals surface area contributed by atoms with Gasteiger partial charge in [-0.15, -0.1) is 11.6 Å². The van der Waals surface area contributed by atoms with Gasteiger partial charge in [0.25, 0.3) is 0 Å². The summed E-state index contributed by atoms with van der Waals surface area (Å²) in [5.74, 6) is 0.689. The number of halogens is 1. The van der Waals surface area contributed by atoms with Crippen molar-refractivity contribution in [1.29, 1.82) is 0 Å². The molecule has 0 bridgehead atoms. The molecule has 2 nitrogen and oxygen atoms in total. The molecule has 0 saturated heterocycles. The summed E-state index contributed by atoms with van der Waals surface area (Å²) < 4.78 is 0. The average Bonchev–Trinajstić information content (AvgIpc) is 2.45. The molecule has 1 heterocycles. The van der Waals surface area contributed by atoms with Gasteiger partial charge in [0.05, 0.1) is 5.52 Å². The molecule has 102 valence electrons. The van der Waals surface area contributed by atoms with Gasteiger partial charge in [-0.25, -0.2) is 0 Å². The monoisotopic (exact) mass is 276 g/mol. The topological polar surface area (TPSA) is 24.9 Å². The van der Waals surface area contributed by atoms with Crippen molar-refractivity contribution < 1.29 is 0 Å². The highest BCUT2D eigenvalue weighted by Gasteiger charge is 2.20. The van der Waals surface area contributed by atoms with E-state index in [-0.39, 0.29) is 5.54 Å². The normalized spacial score (nSPS) is 14.5. The van der Waals surface area contributed by atoms with E-state index in [9.17, 15) is 0 Å². The molecule has 0 aliphatic rings. The number of benzene rings is 1. The summed E-state index contributed by atoms with van der Waals surface area (Å²) in [5.41, 5.74) is 2.45. The van der Waals surface area contributed by atoms with Gasteiger partial charge >= 0.3 is 0 Å². The molecule has 0 radical (unpaired) electrons. The first-order valence-electron chi connectivity index (χ1n) is 6.82. The van der Waals surface area contributed by atoms with Crippen LogP contribution in [-0.2, 0) is 6.54 Å². The van der Waals surface area contributed by atoms with E-state index in [1.807, 2.05) is 12.3 Å². The number of pyridine rings is 1. The van der Waals surface area contributed by atoms with E-state index in [0.29, 0.717) is 5.88 Å². The molecule has 0 fully saturated rings. The van der Waals surface area contributed by atoms with E-state index in [4.69, 9.17) is 11.6 Å². The second kappa shape index (κ2) is 6.36. The van der Waals surface area contributed by atoms with Crippen LogP contribution in [0.2, 0.25) is 0 Å². The predicted octanol–water partition coefficient (Wildman–Crippen LogP) is 4.12. The molecule has 1 N–H and O–H groups in total. The first-order valence-corrected chi connectivity index (χ1v) is 7.35. The SMILES string of the molecule is CCC(C)(CCCl)NCc1ccnc2ccccc12. The summed E-state index contributed by atoms with van der Waals surface area (Å²) in [6, 6.07) is 10.4. The maximum atomic E-state index is 5.89. The highest BCUT2D eigenvalue weighted by Crippen LogP contribution is 2.19. The summed E-state index contributed by atoms with van der Waals surface area (Å²) in [6.07, 6.45) is 3.93. The number of fused-ring (bicyclic) bond motifs is 1. The van der Waals surface area contributed by atoms with Crippen molar-refractivity contribution >= 4 is 22.5 Å². The Morgan fingerprint density at radius 2 is 2.05 bits per heavy atom. The van der Waals surface area contributed by atoms with Crippen LogP contribution >= 0.6 is 11.6 Å². The second-order valence-corrected chi connectivity index (χ2v) is 5.57. The van der Waals surface area contributed by atoms with Gasteiger partial charge < -0.3 is 5.32 Å². The number of aromatic nitrogens is 1. The van der Waals surface area contributed by atoms with Gasteiger partial charge in [-0.2, -0.15) is 0 Å². The Hall–Kier alpha value is -1.12. The molecular weight excluding hydrogens is 256 g/mol. The molecule has 2 aromatic rings. The zero-order chi connectivity index (χ0) is 13.7. The third-order valence-corrected chi connectivity index (χ3v) is 4.06. The molecule has 2 rings (SSSR count). The highest BCUT2D eigenvalue weighted by molar-refractivity contribution is 6.17. The fourth-order valence-electron chi connectivity index (χ4n) is 2.22. The van der Waals surface area contributed by atoms with Crippen LogP contribution in [0.15, 0.2) is 36.5 Å². The number of hydrogen-bond acceptors (Lipinski definition) is 2. The molecule has 19 heavy (non-hydrogen) atoms. The Bertz CT molecular complexity index is 536. The van der Waals surface area contributed by atoms with E-state index in [2.05, 4.69) is 48.4 Å². The molecule has 3 heteroatoms. The Morgan fingerprint density at radius 3 is 2.79 bits per heavy atom. The van der Waals surface area contributed by atoms with Crippen LogP contribution in [0.1, 0.15) is 32.3 Å². The largest absolute Gasteiger partial charge is 0.307 e. The van der Waals surface area contributed by atoms with Crippen LogP contribution in [0.5, 0.6) is 0 Å². The third-order valence-electron chi connectivity index (χ3n) is 3.87. The Labute approximate surface area is 120 Å². The van der Waals surface area contributed by atoms with Crippen molar-refractivity contribution in [2.45, 2.75) is 38.8 Å². The van der Waals surface area contributed by atoms with E-state index < -0.39 is 0 Å². The Kier molecular flexibility index (Phi) is 4.78. The van der Waals surface area contributed by atoms with Crippen molar-refractivity contribution in [2.75, 3.05) is 5.88 Å². The summed E-state index contributed by atoms with van der Waals surface area (Å²) in [7, 11) is 0. The van der Waals surface area contributed by atoms with Crippen molar-refractivity contribution in [1.82, 2.24) is 10.3 Å². The number of para-hydroxylation sites is 1. The summed E-state index contributed by atoms with van der Waals surface area (Å²) in [5, 5.41) is 4.87. The third kappa shape index (κ3) is 3.46. The summed E-state index contributed by atoms with van der Waals surface area (Å²) >= 11 is 5.89. The van der Waals surface area contributed by atoms with Crippen LogP contribution in [0.4, 0.5) is 0 Å². The lowest BCUT2D eigenvalue weighted by atomic mass is 9.95. The van der Waals surface area contributed by atoms with Crippen molar-refractivity contribution in [3.63, 3.8) is 0 Å². The molecule has 1 aromatic heterocycles. The van der Waals surface area contributed by atoms with Gasteiger partial charge in [-0.3, -0.25) is 4.98 Å². The first-order chi connectivity index (χ1) is 9.18. The van der Waals surface area contributed by atoms with Gasteiger partial charge in [0, 0.05) is 29.5 Å². The van der Waals surface area contributed by atoms with Gasteiger partial charge in [-0.1, -0.05) is 25.1 Å². The van der Waals surface area contributed by atoms with E-state index in [1.165, 1.54) is 10.9 Å². The molecule has 1 aromatic carbocycles. The van der Waals surface area contributed by atoms with Crippen LogP contribution in [0, 0.1) is 0 Å². The quantitative estimate of drug-likeness (QED) is 0.803. The van der Waals surface area contributed by atoms with Crippen LogP contribution in [0.3, 0.4) is 0 Å². The molecular formula is C16H21ClN2. The zero-order valence-corrected chi connectivity index (χ0v) is 12.4. The molecule has 0 saturated carbocycles. The minimum atomic E-state index is 0.103. The highest BCUT2D eigenvalue weighted by atomic mass is 35.5. The number of hydrogen-bond donors (Lipinski definition) is 1. The van der Waals surface area contributed by atoms with E-state index in [1.54, 1.807) is 0 Å². The maximum absolute atomic E-state index is 5.89. The van der Waals surface area contributed by atoms with Gasteiger partial charge in [0.2, 0.25) is 0 Å². The fourth-order valence-corrected chi connectivity index (χ4v) is 2.63. The van der Waals surface area contributed by atoms with E-state index in [0.717, 1.165) is 24.9 Å². The lowest BCUT2D eigenvalue weighted by Crippen LogP contribution is -2.41.